The van der Waals surface area contributed by atoms with Crippen molar-refractivity contribution in [1.29, 1.82) is 0 Å². The molecule has 2 aromatic carbocycles. The first-order valence-corrected chi connectivity index (χ1v) is 9.86. The molecule has 0 saturated carbocycles. The molecule has 1 N–H and O–H groups in total. The maximum Gasteiger partial charge on any atom is 0.255 e. The molecule has 0 radical (unpaired) electrons. The van der Waals surface area contributed by atoms with Crippen LogP contribution in [0.25, 0.3) is 0 Å². The third kappa shape index (κ3) is 4.88. The van der Waals surface area contributed by atoms with Crippen molar-refractivity contribution < 1.29 is 9.59 Å². The van der Waals surface area contributed by atoms with E-state index < -0.39 is 0 Å². The summed E-state index contributed by atoms with van der Waals surface area (Å²) in [5, 5.41) is 4.58. The van der Waals surface area contributed by atoms with E-state index in [0.717, 1.165) is 0 Å². The number of carbonyl (C=O) groups is 2. The van der Waals surface area contributed by atoms with Crippen LogP contribution in [0.4, 0.5) is 0 Å². The van der Waals surface area contributed by atoms with Gasteiger partial charge in [-0.15, -0.1) is 0 Å². The van der Waals surface area contributed by atoms with Crippen LogP contribution in [0.3, 0.4) is 0 Å². The number of nitrogens with zero attached hydrogens (tertiary/aromatic N) is 1. The lowest BCUT2D eigenvalue weighted by atomic mass is 10.0. The highest BCUT2D eigenvalue weighted by atomic mass is 35.5. The summed E-state index contributed by atoms with van der Waals surface area (Å²) in [6, 6.07) is 9.54. The maximum absolute atomic E-state index is 12.7. The Balaban J connectivity index is 1.59. The van der Waals surface area contributed by atoms with Crippen molar-refractivity contribution in [2.45, 2.75) is 18.9 Å². The van der Waals surface area contributed by atoms with Gasteiger partial charge < -0.3 is 10.2 Å². The van der Waals surface area contributed by atoms with E-state index >= 15 is 0 Å². The summed E-state index contributed by atoms with van der Waals surface area (Å²) in [6.07, 6.45) is 1.28. The molecule has 3 rings (SSSR count). The highest BCUT2D eigenvalue weighted by Crippen LogP contribution is 2.24. The van der Waals surface area contributed by atoms with Crippen LogP contribution in [0, 0.1) is 0 Å². The van der Waals surface area contributed by atoms with Crippen LogP contribution in [0.1, 0.15) is 33.6 Å². The fourth-order valence-electron chi connectivity index (χ4n) is 3.00. The van der Waals surface area contributed by atoms with E-state index in [0.29, 0.717) is 57.1 Å². The molecule has 0 aliphatic carbocycles. The van der Waals surface area contributed by atoms with Crippen molar-refractivity contribution in [2.75, 3.05) is 13.1 Å². The number of halogens is 4. The zero-order chi connectivity index (χ0) is 19.6. The molecule has 1 aliphatic heterocycles. The SMILES string of the molecule is O=C(NC1CCN(C(=O)c2cc(Cl)ccc2Cl)CC1)c1ccc(Cl)cc1Cl. The lowest BCUT2D eigenvalue weighted by molar-refractivity contribution is 0.0698. The molecule has 0 aromatic heterocycles. The predicted molar refractivity (Wildman–Crippen MR) is 109 cm³/mol. The van der Waals surface area contributed by atoms with E-state index in [4.69, 9.17) is 46.4 Å². The second kappa shape index (κ2) is 8.70. The zero-order valence-electron chi connectivity index (χ0n) is 14.1. The van der Waals surface area contributed by atoms with Crippen LogP contribution in [0.15, 0.2) is 36.4 Å². The van der Waals surface area contributed by atoms with Gasteiger partial charge in [-0.1, -0.05) is 46.4 Å². The number of hydrogen-bond acceptors (Lipinski definition) is 2. The second-order valence-electron chi connectivity index (χ2n) is 6.29. The predicted octanol–water partition coefficient (Wildman–Crippen LogP) is 5.33. The minimum atomic E-state index is -0.251. The molecule has 0 unspecified atom stereocenters. The first kappa shape index (κ1) is 20.3. The largest absolute Gasteiger partial charge is 0.349 e. The van der Waals surface area contributed by atoms with Crippen LogP contribution < -0.4 is 5.32 Å². The normalized spacial score (nSPS) is 14.9. The van der Waals surface area contributed by atoms with E-state index in [1.807, 2.05) is 0 Å². The Morgan fingerprint density at radius 3 is 2.15 bits per heavy atom. The van der Waals surface area contributed by atoms with Gasteiger partial charge in [-0.25, -0.2) is 0 Å². The Bertz CT molecular complexity index is 880. The number of carbonyl (C=O) groups excluding carboxylic acids is 2. The smallest absolute Gasteiger partial charge is 0.255 e. The third-order valence-electron chi connectivity index (χ3n) is 4.45. The van der Waals surface area contributed by atoms with E-state index in [-0.39, 0.29) is 17.9 Å². The molecule has 0 spiro atoms. The lowest BCUT2D eigenvalue weighted by Crippen LogP contribution is -2.46. The molecular weight excluding hydrogens is 430 g/mol. The standard InChI is InChI=1S/C19H16Cl4N2O2/c20-11-2-4-16(22)15(9-11)19(27)25-7-5-13(6-8-25)24-18(26)14-3-1-12(21)10-17(14)23/h1-4,9-10,13H,5-8H2,(H,24,26). The summed E-state index contributed by atoms with van der Waals surface area (Å²) in [7, 11) is 0. The minimum absolute atomic E-state index is 0.0388. The van der Waals surface area contributed by atoms with Gasteiger partial charge in [0.2, 0.25) is 0 Å². The quantitative estimate of drug-likeness (QED) is 0.693. The molecule has 0 atom stereocenters. The molecule has 0 bridgehead atoms. The van der Waals surface area contributed by atoms with E-state index in [9.17, 15) is 9.59 Å². The van der Waals surface area contributed by atoms with Crippen molar-refractivity contribution in [1.82, 2.24) is 10.2 Å². The van der Waals surface area contributed by atoms with Crippen LogP contribution in [-0.2, 0) is 0 Å². The Labute approximate surface area is 177 Å². The van der Waals surface area contributed by atoms with Gasteiger partial charge in [0.05, 0.1) is 21.2 Å². The molecule has 4 nitrogen and oxygen atoms in total. The van der Waals surface area contributed by atoms with Crippen LogP contribution in [-0.4, -0.2) is 35.8 Å². The molecular formula is C19H16Cl4N2O2. The van der Waals surface area contributed by atoms with Gasteiger partial charge in [0, 0.05) is 29.2 Å². The van der Waals surface area contributed by atoms with Gasteiger partial charge in [-0.2, -0.15) is 0 Å². The number of amides is 2. The van der Waals surface area contributed by atoms with Gasteiger partial charge >= 0.3 is 0 Å². The summed E-state index contributed by atoms with van der Waals surface area (Å²) in [6.45, 7) is 1.03. The van der Waals surface area contributed by atoms with E-state index in [1.54, 1.807) is 35.2 Å². The monoisotopic (exact) mass is 444 g/mol. The second-order valence-corrected chi connectivity index (χ2v) is 7.98. The molecule has 8 heteroatoms. The number of rotatable bonds is 3. The number of benzene rings is 2. The number of hydrogen-bond donors (Lipinski definition) is 1. The van der Waals surface area contributed by atoms with Crippen LogP contribution >= 0.6 is 46.4 Å². The topological polar surface area (TPSA) is 49.4 Å². The molecule has 142 valence electrons. The van der Waals surface area contributed by atoms with Gasteiger partial charge in [0.15, 0.2) is 0 Å². The fourth-order valence-corrected chi connectivity index (χ4v) is 3.86. The summed E-state index contributed by atoms with van der Waals surface area (Å²) in [5.41, 5.74) is 0.768. The van der Waals surface area contributed by atoms with Crippen LogP contribution in [0.5, 0.6) is 0 Å². The zero-order valence-corrected chi connectivity index (χ0v) is 17.2. The van der Waals surface area contributed by atoms with Crippen molar-refractivity contribution in [3.8, 4) is 0 Å². The summed E-state index contributed by atoms with van der Waals surface area (Å²) in [4.78, 5) is 26.8. The minimum Gasteiger partial charge on any atom is -0.349 e. The summed E-state index contributed by atoms with van der Waals surface area (Å²) in [5.74, 6) is -0.410. The molecule has 1 fully saturated rings. The molecule has 1 saturated heterocycles. The maximum atomic E-state index is 12.7. The van der Waals surface area contributed by atoms with Gasteiger partial charge in [0.1, 0.15) is 0 Å². The first-order valence-electron chi connectivity index (χ1n) is 8.35. The number of piperidine rings is 1. The molecule has 2 aromatic rings. The van der Waals surface area contributed by atoms with Crippen molar-refractivity contribution in [3.63, 3.8) is 0 Å². The Hall–Kier alpha value is -1.46. The highest BCUT2D eigenvalue weighted by Gasteiger charge is 2.26. The number of likely N-dealkylation sites (tertiary alicyclic amines) is 1. The lowest BCUT2D eigenvalue weighted by Gasteiger charge is -2.32. The van der Waals surface area contributed by atoms with Crippen molar-refractivity contribution in [2.24, 2.45) is 0 Å². The average Bonchev–Trinajstić information content (AvgIpc) is 2.63. The highest BCUT2D eigenvalue weighted by molar-refractivity contribution is 6.37. The fraction of sp³-hybridized carbons (Fsp3) is 0.263. The average molecular weight is 446 g/mol. The molecule has 1 aliphatic rings. The molecule has 2 amide bonds. The van der Waals surface area contributed by atoms with Gasteiger partial charge in [-0.3, -0.25) is 9.59 Å². The Morgan fingerprint density at radius 2 is 1.48 bits per heavy atom. The third-order valence-corrected chi connectivity index (χ3v) is 5.56. The number of nitrogens with one attached hydrogen (secondary N) is 1. The molecule has 1 heterocycles. The van der Waals surface area contributed by atoms with Crippen molar-refractivity contribution in [3.05, 3.63) is 67.6 Å². The first-order chi connectivity index (χ1) is 12.8. The molecule has 27 heavy (non-hydrogen) atoms. The van der Waals surface area contributed by atoms with Gasteiger partial charge in [0.25, 0.3) is 11.8 Å². The Morgan fingerprint density at radius 1 is 0.852 bits per heavy atom. The van der Waals surface area contributed by atoms with Gasteiger partial charge in [-0.05, 0) is 49.2 Å². The Kier molecular flexibility index (Phi) is 6.53. The van der Waals surface area contributed by atoms with Crippen molar-refractivity contribution >= 4 is 58.2 Å². The van der Waals surface area contributed by atoms with Crippen LogP contribution in [0.2, 0.25) is 20.1 Å². The van der Waals surface area contributed by atoms with E-state index in [1.165, 1.54) is 6.07 Å². The summed E-state index contributed by atoms with van der Waals surface area (Å²) >= 11 is 24.0. The summed E-state index contributed by atoms with van der Waals surface area (Å²) < 4.78 is 0. The van der Waals surface area contributed by atoms with E-state index in [2.05, 4.69) is 5.32 Å².